The Morgan fingerprint density at radius 2 is 1.27 bits per heavy atom. The van der Waals surface area contributed by atoms with Gasteiger partial charge in [-0.15, -0.1) is 0 Å². The first-order valence-corrected chi connectivity index (χ1v) is 7.69. The van der Waals surface area contributed by atoms with E-state index >= 15 is 0 Å². The summed E-state index contributed by atoms with van der Waals surface area (Å²) in [5.74, 6) is 0. The number of rotatable bonds is 3. The largest absolute Gasteiger partial charge is 0.0622 e. The normalized spacial score (nSPS) is 11.1. The first-order chi connectivity index (χ1) is 10.9. The van der Waals surface area contributed by atoms with Gasteiger partial charge < -0.3 is 0 Å². The molecule has 4 rings (SSSR count). The Morgan fingerprint density at radius 3 is 2.09 bits per heavy atom. The Bertz CT molecular complexity index is 920. The van der Waals surface area contributed by atoms with Crippen molar-refractivity contribution in [2.45, 2.75) is 6.42 Å². The van der Waals surface area contributed by atoms with E-state index in [4.69, 9.17) is 0 Å². The molecule has 1 radical (unpaired) electrons. The summed E-state index contributed by atoms with van der Waals surface area (Å²) in [5.41, 5.74) is 2.66. The average Bonchev–Trinajstić information content (AvgIpc) is 2.59. The lowest BCUT2D eigenvalue weighted by molar-refractivity contribution is 1.19. The Labute approximate surface area is 131 Å². The van der Waals surface area contributed by atoms with E-state index in [0.717, 1.165) is 6.42 Å². The Balaban J connectivity index is 1.75. The van der Waals surface area contributed by atoms with Crippen molar-refractivity contribution < 1.29 is 0 Å². The lowest BCUT2D eigenvalue weighted by Gasteiger charge is -2.08. The van der Waals surface area contributed by atoms with Crippen molar-refractivity contribution in [3.05, 3.63) is 102 Å². The van der Waals surface area contributed by atoms with Gasteiger partial charge >= 0.3 is 0 Å². The molecule has 0 N–H and O–H groups in total. The van der Waals surface area contributed by atoms with Crippen LogP contribution in [0.15, 0.2) is 84.9 Å². The van der Waals surface area contributed by atoms with Gasteiger partial charge in [0, 0.05) is 0 Å². The van der Waals surface area contributed by atoms with Crippen molar-refractivity contribution >= 4 is 21.5 Å². The van der Waals surface area contributed by atoms with Crippen molar-refractivity contribution in [1.82, 2.24) is 0 Å². The Kier molecular flexibility index (Phi) is 3.36. The molecule has 0 nitrogen and oxygen atoms in total. The summed E-state index contributed by atoms with van der Waals surface area (Å²) in [7, 11) is 0. The molecule has 0 aliphatic heterocycles. The average molecular weight is 281 g/mol. The molecular weight excluding hydrogens is 264 g/mol. The third-order valence-electron chi connectivity index (χ3n) is 4.19. The minimum atomic E-state index is 0.958. The predicted octanol–water partition coefficient (Wildman–Crippen LogP) is 5.79. The summed E-state index contributed by atoms with van der Waals surface area (Å²) in [5, 5.41) is 5.28. The SMILES string of the molecule is [CH](Cc1cccc2cc3ccccc3cc12)c1ccccc1. The molecule has 0 amide bonds. The van der Waals surface area contributed by atoms with Crippen LogP contribution in [-0.4, -0.2) is 0 Å². The van der Waals surface area contributed by atoms with E-state index in [1.807, 2.05) is 0 Å². The smallest absolute Gasteiger partial charge is 0.00492 e. The first-order valence-electron chi connectivity index (χ1n) is 7.69. The fourth-order valence-corrected chi connectivity index (χ4v) is 3.03. The molecule has 0 heteroatoms. The van der Waals surface area contributed by atoms with Gasteiger partial charge in [0.25, 0.3) is 0 Å². The van der Waals surface area contributed by atoms with Crippen LogP contribution in [0.3, 0.4) is 0 Å². The maximum atomic E-state index is 2.32. The first kappa shape index (κ1) is 13.1. The summed E-state index contributed by atoms with van der Waals surface area (Å²) >= 11 is 0. The molecule has 0 aliphatic carbocycles. The van der Waals surface area contributed by atoms with Crippen LogP contribution in [-0.2, 0) is 6.42 Å². The van der Waals surface area contributed by atoms with Crippen molar-refractivity contribution in [3.8, 4) is 0 Å². The summed E-state index contributed by atoms with van der Waals surface area (Å²) in [4.78, 5) is 0. The predicted molar refractivity (Wildman–Crippen MR) is 95.0 cm³/mol. The molecule has 0 atom stereocenters. The minimum absolute atomic E-state index is 0.958. The standard InChI is InChI=1S/C22H17/c1-2-7-17(8-3-1)13-14-18-11-6-12-21-15-19-9-4-5-10-20(19)16-22(18)21/h1-13,15-16H,14H2. The molecule has 0 aliphatic rings. The van der Waals surface area contributed by atoms with Crippen LogP contribution in [0.2, 0.25) is 0 Å². The summed E-state index contributed by atoms with van der Waals surface area (Å²) in [6.45, 7) is 0. The van der Waals surface area contributed by atoms with Crippen molar-refractivity contribution in [3.63, 3.8) is 0 Å². The topological polar surface area (TPSA) is 0 Å². The lowest BCUT2D eigenvalue weighted by atomic mass is 9.96. The Hall–Kier alpha value is -2.60. The van der Waals surface area contributed by atoms with E-state index < -0.39 is 0 Å². The van der Waals surface area contributed by atoms with E-state index in [1.54, 1.807) is 0 Å². The van der Waals surface area contributed by atoms with Gasteiger partial charge in [0.15, 0.2) is 0 Å². The quantitative estimate of drug-likeness (QED) is 0.417. The van der Waals surface area contributed by atoms with Crippen molar-refractivity contribution in [2.24, 2.45) is 0 Å². The highest BCUT2D eigenvalue weighted by atomic mass is 14.1. The van der Waals surface area contributed by atoms with Gasteiger partial charge in [-0.25, -0.2) is 0 Å². The van der Waals surface area contributed by atoms with Crippen LogP contribution in [0.4, 0.5) is 0 Å². The van der Waals surface area contributed by atoms with E-state index in [2.05, 4.69) is 91.3 Å². The number of hydrogen-bond donors (Lipinski definition) is 0. The highest BCUT2D eigenvalue weighted by molar-refractivity contribution is 5.99. The van der Waals surface area contributed by atoms with Crippen LogP contribution in [0.5, 0.6) is 0 Å². The van der Waals surface area contributed by atoms with E-state index in [9.17, 15) is 0 Å². The van der Waals surface area contributed by atoms with Crippen LogP contribution in [0, 0.1) is 6.42 Å². The molecule has 0 saturated heterocycles. The third kappa shape index (κ3) is 2.48. The van der Waals surface area contributed by atoms with Gasteiger partial charge in [0.05, 0.1) is 0 Å². The molecule has 0 bridgehead atoms. The van der Waals surface area contributed by atoms with Crippen LogP contribution in [0.1, 0.15) is 11.1 Å². The lowest BCUT2D eigenvalue weighted by Crippen LogP contribution is -1.90. The monoisotopic (exact) mass is 281 g/mol. The van der Waals surface area contributed by atoms with Crippen LogP contribution >= 0.6 is 0 Å². The molecule has 0 spiro atoms. The zero-order valence-electron chi connectivity index (χ0n) is 12.4. The van der Waals surface area contributed by atoms with Gasteiger partial charge in [-0.3, -0.25) is 0 Å². The summed E-state index contributed by atoms with van der Waals surface area (Å²) in [6.07, 6.45) is 3.25. The number of benzene rings is 4. The molecule has 0 heterocycles. The van der Waals surface area contributed by atoms with Crippen LogP contribution < -0.4 is 0 Å². The van der Waals surface area contributed by atoms with E-state index in [0.29, 0.717) is 0 Å². The van der Waals surface area contributed by atoms with Crippen LogP contribution in [0.25, 0.3) is 21.5 Å². The Morgan fingerprint density at radius 1 is 0.591 bits per heavy atom. The summed E-state index contributed by atoms with van der Waals surface area (Å²) in [6, 6.07) is 30.3. The fraction of sp³-hybridized carbons (Fsp3) is 0.0455. The van der Waals surface area contributed by atoms with E-state index in [-0.39, 0.29) is 0 Å². The molecule has 105 valence electrons. The second kappa shape index (κ2) is 5.65. The maximum Gasteiger partial charge on any atom is -0.00492 e. The van der Waals surface area contributed by atoms with Gasteiger partial charge in [-0.05, 0) is 57.6 Å². The fourth-order valence-electron chi connectivity index (χ4n) is 3.03. The maximum absolute atomic E-state index is 2.32. The summed E-state index contributed by atoms with van der Waals surface area (Å²) < 4.78 is 0. The van der Waals surface area contributed by atoms with Gasteiger partial charge in [0.2, 0.25) is 0 Å². The zero-order valence-corrected chi connectivity index (χ0v) is 12.4. The molecule has 4 aromatic rings. The van der Waals surface area contributed by atoms with Gasteiger partial charge in [-0.2, -0.15) is 0 Å². The second-order valence-corrected chi connectivity index (χ2v) is 5.66. The molecule has 22 heavy (non-hydrogen) atoms. The zero-order chi connectivity index (χ0) is 14.8. The minimum Gasteiger partial charge on any atom is -0.0622 e. The molecule has 0 fully saturated rings. The molecule has 0 aromatic heterocycles. The van der Waals surface area contributed by atoms with Gasteiger partial charge in [-0.1, -0.05) is 72.8 Å². The highest BCUT2D eigenvalue weighted by Crippen LogP contribution is 2.26. The van der Waals surface area contributed by atoms with Crippen molar-refractivity contribution in [2.75, 3.05) is 0 Å². The molecule has 0 unspecified atom stereocenters. The molecule has 4 aromatic carbocycles. The molecular formula is C22H17. The molecule has 0 saturated carbocycles. The number of fused-ring (bicyclic) bond motifs is 2. The van der Waals surface area contributed by atoms with Gasteiger partial charge in [0.1, 0.15) is 0 Å². The second-order valence-electron chi connectivity index (χ2n) is 5.66. The number of hydrogen-bond acceptors (Lipinski definition) is 0. The highest BCUT2D eigenvalue weighted by Gasteiger charge is 2.04. The van der Waals surface area contributed by atoms with E-state index in [1.165, 1.54) is 32.7 Å². The van der Waals surface area contributed by atoms with Crippen molar-refractivity contribution in [1.29, 1.82) is 0 Å². The third-order valence-corrected chi connectivity index (χ3v) is 4.19.